The van der Waals surface area contributed by atoms with Crippen LogP contribution in [-0.4, -0.2) is 7.11 Å². The molecule has 3 nitrogen and oxygen atoms in total. The van der Waals surface area contributed by atoms with Crippen molar-refractivity contribution in [3.8, 4) is 11.5 Å². The molecule has 0 aliphatic rings. The summed E-state index contributed by atoms with van der Waals surface area (Å²) in [6.45, 7) is 2.05. The maximum absolute atomic E-state index is 14.0. The molecule has 2 rings (SSSR count). The summed E-state index contributed by atoms with van der Waals surface area (Å²) in [4.78, 5) is 0. The van der Waals surface area contributed by atoms with Crippen molar-refractivity contribution >= 4 is 0 Å². The molecule has 2 N–H and O–H groups in total. The van der Waals surface area contributed by atoms with Gasteiger partial charge in [0.25, 0.3) is 0 Å². The third-order valence-electron chi connectivity index (χ3n) is 3.04. The Morgan fingerprint density at radius 1 is 1.20 bits per heavy atom. The Kier molecular flexibility index (Phi) is 4.58. The van der Waals surface area contributed by atoms with E-state index in [1.165, 1.54) is 7.11 Å². The molecule has 106 valence electrons. The zero-order valence-electron chi connectivity index (χ0n) is 11.6. The second kappa shape index (κ2) is 6.39. The van der Waals surface area contributed by atoms with Crippen LogP contribution in [0.4, 0.5) is 4.39 Å². The second-order valence-corrected chi connectivity index (χ2v) is 4.58. The minimum absolute atomic E-state index is 0.0629. The van der Waals surface area contributed by atoms with Gasteiger partial charge in [0.15, 0.2) is 11.6 Å². The van der Waals surface area contributed by atoms with Gasteiger partial charge in [-0.25, -0.2) is 4.39 Å². The molecular formula is C16H18FNO2. The summed E-state index contributed by atoms with van der Waals surface area (Å²) in [5.74, 6) is 0.496. The van der Waals surface area contributed by atoms with Gasteiger partial charge in [0.1, 0.15) is 12.4 Å². The molecule has 0 spiro atoms. The standard InChI is InChI=1S/C16H18FNO2/c1-11(18)12-5-3-7-14(9-12)20-10-13-6-4-8-15(19-2)16(13)17/h3-9,11H,10,18H2,1-2H3/t11-/m0/s1. The summed E-state index contributed by atoms with van der Waals surface area (Å²) in [7, 11) is 1.44. The molecule has 0 saturated heterocycles. The molecule has 4 heteroatoms. The van der Waals surface area contributed by atoms with Gasteiger partial charge in [0, 0.05) is 11.6 Å². The Bertz CT molecular complexity index is 584. The first-order valence-corrected chi connectivity index (χ1v) is 6.41. The van der Waals surface area contributed by atoms with Gasteiger partial charge in [-0.1, -0.05) is 24.3 Å². The maximum Gasteiger partial charge on any atom is 0.171 e. The fourth-order valence-corrected chi connectivity index (χ4v) is 1.87. The van der Waals surface area contributed by atoms with Crippen molar-refractivity contribution in [3.63, 3.8) is 0 Å². The number of hydrogen-bond donors (Lipinski definition) is 1. The Morgan fingerprint density at radius 2 is 1.95 bits per heavy atom. The normalized spacial score (nSPS) is 12.0. The van der Waals surface area contributed by atoms with Gasteiger partial charge in [-0.15, -0.1) is 0 Å². The fraction of sp³-hybridized carbons (Fsp3) is 0.250. The number of rotatable bonds is 5. The van der Waals surface area contributed by atoms with Crippen molar-refractivity contribution in [3.05, 3.63) is 59.4 Å². The van der Waals surface area contributed by atoms with Gasteiger partial charge in [0.2, 0.25) is 0 Å². The Balaban J connectivity index is 2.11. The number of methoxy groups -OCH3 is 1. The van der Waals surface area contributed by atoms with Gasteiger partial charge in [0.05, 0.1) is 7.11 Å². The van der Waals surface area contributed by atoms with Crippen LogP contribution in [0.2, 0.25) is 0 Å². The van der Waals surface area contributed by atoms with Crippen LogP contribution in [-0.2, 0) is 6.61 Å². The summed E-state index contributed by atoms with van der Waals surface area (Å²) < 4.78 is 24.5. The molecule has 0 aliphatic carbocycles. The zero-order chi connectivity index (χ0) is 14.5. The topological polar surface area (TPSA) is 44.5 Å². The van der Waals surface area contributed by atoms with E-state index in [2.05, 4.69) is 0 Å². The highest BCUT2D eigenvalue weighted by atomic mass is 19.1. The first-order valence-electron chi connectivity index (χ1n) is 6.41. The van der Waals surface area contributed by atoms with Gasteiger partial charge >= 0.3 is 0 Å². The zero-order valence-corrected chi connectivity index (χ0v) is 11.6. The first-order chi connectivity index (χ1) is 9.61. The molecule has 0 aliphatic heterocycles. The summed E-state index contributed by atoms with van der Waals surface area (Å²) in [5, 5.41) is 0. The van der Waals surface area contributed by atoms with E-state index in [1.807, 2.05) is 31.2 Å². The third-order valence-corrected chi connectivity index (χ3v) is 3.04. The van der Waals surface area contributed by atoms with Crippen LogP contribution >= 0.6 is 0 Å². The highest BCUT2D eigenvalue weighted by Gasteiger charge is 2.09. The average Bonchev–Trinajstić information content (AvgIpc) is 2.46. The summed E-state index contributed by atoms with van der Waals surface area (Å²) in [6, 6.07) is 12.4. The molecule has 0 bridgehead atoms. The van der Waals surface area contributed by atoms with Gasteiger partial charge in [-0.3, -0.25) is 0 Å². The molecule has 1 atom stereocenters. The smallest absolute Gasteiger partial charge is 0.171 e. The van der Waals surface area contributed by atoms with Crippen LogP contribution in [0.1, 0.15) is 24.1 Å². The van der Waals surface area contributed by atoms with Crippen LogP contribution in [0.3, 0.4) is 0 Å². The van der Waals surface area contributed by atoms with E-state index in [4.69, 9.17) is 15.2 Å². The van der Waals surface area contributed by atoms with E-state index >= 15 is 0 Å². The van der Waals surface area contributed by atoms with E-state index in [9.17, 15) is 4.39 Å². The van der Waals surface area contributed by atoms with Gasteiger partial charge < -0.3 is 15.2 Å². The largest absolute Gasteiger partial charge is 0.494 e. The Morgan fingerprint density at radius 3 is 2.65 bits per heavy atom. The predicted molar refractivity (Wildman–Crippen MR) is 76.3 cm³/mol. The Hall–Kier alpha value is -2.07. The second-order valence-electron chi connectivity index (χ2n) is 4.58. The maximum atomic E-state index is 14.0. The molecule has 0 radical (unpaired) electrons. The van der Waals surface area contributed by atoms with Crippen molar-refractivity contribution in [2.24, 2.45) is 5.73 Å². The number of halogens is 1. The lowest BCUT2D eigenvalue weighted by molar-refractivity contribution is 0.295. The number of nitrogens with two attached hydrogens (primary N) is 1. The summed E-state index contributed by atoms with van der Waals surface area (Å²) in [6.07, 6.45) is 0. The molecule has 2 aromatic rings. The number of hydrogen-bond acceptors (Lipinski definition) is 3. The van der Waals surface area contributed by atoms with Gasteiger partial charge in [-0.05, 0) is 30.7 Å². The quantitative estimate of drug-likeness (QED) is 0.909. The SMILES string of the molecule is COc1cccc(COc2cccc([C@H](C)N)c2)c1F. The van der Waals surface area contributed by atoms with Crippen molar-refractivity contribution < 1.29 is 13.9 Å². The van der Waals surface area contributed by atoms with Crippen LogP contribution in [0.25, 0.3) is 0 Å². The minimum Gasteiger partial charge on any atom is -0.494 e. The minimum atomic E-state index is -0.390. The molecule has 0 aromatic heterocycles. The molecule has 0 unspecified atom stereocenters. The van der Waals surface area contributed by atoms with E-state index in [1.54, 1.807) is 18.2 Å². The molecule has 0 fully saturated rings. The molecule has 20 heavy (non-hydrogen) atoms. The number of benzene rings is 2. The van der Waals surface area contributed by atoms with E-state index in [-0.39, 0.29) is 18.4 Å². The Labute approximate surface area is 118 Å². The molecule has 2 aromatic carbocycles. The first kappa shape index (κ1) is 14.3. The van der Waals surface area contributed by atoms with Crippen molar-refractivity contribution in [1.82, 2.24) is 0 Å². The molecule has 0 heterocycles. The molecule has 0 saturated carbocycles. The van der Waals surface area contributed by atoms with E-state index < -0.39 is 5.82 Å². The third kappa shape index (κ3) is 3.27. The molecular weight excluding hydrogens is 257 g/mol. The van der Waals surface area contributed by atoms with Crippen LogP contribution in [0.5, 0.6) is 11.5 Å². The average molecular weight is 275 g/mol. The highest BCUT2D eigenvalue weighted by molar-refractivity contribution is 5.33. The van der Waals surface area contributed by atoms with E-state index in [0.29, 0.717) is 11.3 Å². The van der Waals surface area contributed by atoms with E-state index in [0.717, 1.165) is 5.56 Å². The van der Waals surface area contributed by atoms with Crippen LogP contribution in [0, 0.1) is 5.82 Å². The highest BCUT2D eigenvalue weighted by Crippen LogP contribution is 2.23. The van der Waals surface area contributed by atoms with Gasteiger partial charge in [-0.2, -0.15) is 0 Å². The lowest BCUT2D eigenvalue weighted by Gasteiger charge is -2.11. The number of ether oxygens (including phenoxy) is 2. The van der Waals surface area contributed by atoms with Crippen LogP contribution < -0.4 is 15.2 Å². The molecule has 0 amide bonds. The predicted octanol–water partition coefficient (Wildman–Crippen LogP) is 3.43. The lowest BCUT2D eigenvalue weighted by Crippen LogP contribution is -2.05. The van der Waals surface area contributed by atoms with Crippen LogP contribution in [0.15, 0.2) is 42.5 Å². The summed E-state index contributed by atoms with van der Waals surface area (Å²) in [5.41, 5.74) is 7.25. The van der Waals surface area contributed by atoms with Crippen molar-refractivity contribution in [1.29, 1.82) is 0 Å². The monoisotopic (exact) mass is 275 g/mol. The lowest BCUT2D eigenvalue weighted by atomic mass is 10.1. The summed E-state index contributed by atoms with van der Waals surface area (Å²) >= 11 is 0. The fourth-order valence-electron chi connectivity index (χ4n) is 1.87. The van der Waals surface area contributed by atoms with Crippen molar-refractivity contribution in [2.75, 3.05) is 7.11 Å². The van der Waals surface area contributed by atoms with Crippen molar-refractivity contribution in [2.45, 2.75) is 19.6 Å².